The predicted molar refractivity (Wildman–Crippen MR) is 99.8 cm³/mol. The van der Waals surface area contributed by atoms with Crippen LogP contribution in [0, 0.1) is 5.82 Å². The van der Waals surface area contributed by atoms with Crippen LogP contribution in [0.4, 0.5) is 10.2 Å². The maximum absolute atomic E-state index is 13.4. The van der Waals surface area contributed by atoms with Gasteiger partial charge in [0.1, 0.15) is 5.82 Å². The first-order chi connectivity index (χ1) is 12.6. The Balaban J connectivity index is 0.000000167. The second-order valence-electron chi connectivity index (χ2n) is 5.69. The number of rotatable bonds is 2. The number of aliphatic hydroxyl groups is 1. The molecule has 0 aliphatic rings. The fourth-order valence-electron chi connectivity index (χ4n) is 2.74. The minimum Gasteiger partial charge on any atom is -0.391 e. The molecule has 0 saturated heterocycles. The molecule has 0 aliphatic carbocycles. The first kappa shape index (κ1) is 17.6. The molecular formula is C19H19FN4O2. The Kier molecular flexibility index (Phi) is 4.99. The van der Waals surface area contributed by atoms with E-state index in [-0.39, 0.29) is 17.0 Å². The van der Waals surface area contributed by atoms with Gasteiger partial charge in [-0.3, -0.25) is 9.20 Å². The van der Waals surface area contributed by atoms with Gasteiger partial charge in [-0.1, -0.05) is 18.2 Å². The summed E-state index contributed by atoms with van der Waals surface area (Å²) in [6, 6.07) is 13.1. The van der Waals surface area contributed by atoms with Crippen LogP contribution < -0.4 is 10.9 Å². The van der Waals surface area contributed by atoms with Crippen molar-refractivity contribution < 1.29 is 9.50 Å². The van der Waals surface area contributed by atoms with Gasteiger partial charge in [0.15, 0.2) is 11.5 Å². The SMILES string of the molecule is CNc1nc2c(F)cccn2c(=O)c1CO.Cn1ccc2ccccc21. The van der Waals surface area contributed by atoms with E-state index in [0.29, 0.717) is 0 Å². The first-order valence-corrected chi connectivity index (χ1v) is 8.05. The van der Waals surface area contributed by atoms with Crippen LogP contribution in [0.3, 0.4) is 0 Å². The van der Waals surface area contributed by atoms with Crippen molar-refractivity contribution in [1.82, 2.24) is 14.0 Å². The first-order valence-electron chi connectivity index (χ1n) is 8.05. The number of halogens is 1. The van der Waals surface area contributed by atoms with Gasteiger partial charge in [-0.15, -0.1) is 0 Å². The van der Waals surface area contributed by atoms with Gasteiger partial charge in [-0.2, -0.15) is 0 Å². The smallest absolute Gasteiger partial charge is 0.265 e. The molecule has 0 unspecified atom stereocenters. The summed E-state index contributed by atoms with van der Waals surface area (Å²) in [5, 5.41) is 13.0. The molecule has 0 fully saturated rings. The molecule has 0 saturated carbocycles. The van der Waals surface area contributed by atoms with Crippen LogP contribution in [0.5, 0.6) is 0 Å². The number of fused-ring (bicyclic) bond motifs is 2. The molecule has 3 heterocycles. The molecule has 0 spiro atoms. The number of aromatic nitrogens is 3. The fourth-order valence-corrected chi connectivity index (χ4v) is 2.74. The molecule has 7 heteroatoms. The highest BCUT2D eigenvalue weighted by atomic mass is 19.1. The summed E-state index contributed by atoms with van der Waals surface area (Å²) in [7, 11) is 3.61. The summed E-state index contributed by atoms with van der Waals surface area (Å²) in [6.07, 6.45) is 3.48. The average molecular weight is 354 g/mol. The van der Waals surface area contributed by atoms with Crippen molar-refractivity contribution in [3.05, 3.63) is 76.6 Å². The number of hydrogen-bond donors (Lipinski definition) is 2. The lowest BCUT2D eigenvalue weighted by atomic mass is 10.2. The summed E-state index contributed by atoms with van der Waals surface area (Å²) in [6.45, 7) is -0.443. The lowest BCUT2D eigenvalue weighted by Crippen LogP contribution is -2.22. The quantitative estimate of drug-likeness (QED) is 0.580. The van der Waals surface area contributed by atoms with E-state index in [9.17, 15) is 9.18 Å². The number of benzene rings is 1. The van der Waals surface area contributed by atoms with E-state index in [1.807, 2.05) is 0 Å². The van der Waals surface area contributed by atoms with Crippen LogP contribution >= 0.6 is 0 Å². The van der Waals surface area contributed by atoms with Gasteiger partial charge in [0.2, 0.25) is 0 Å². The Bertz CT molecular complexity index is 1120. The van der Waals surface area contributed by atoms with Crippen molar-refractivity contribution >= 4 is 22.4 Å². The molecule has 0 radical (unpaired) electrons. The Hall–Kier alpha value is -3.19. The summed E-state index contributed by atoms with van der Waals surface area (Å²) >= 11 is 0. The molecular weight excluding hydrogens is 335 g/mol. The molecule has 4 aromatic rings. The zero-order valence-electron chi connectivity index (χ0n) is 14.5. The van der Waals surface area contributed by atoms with Crippen molar-refractivity contribution in [1.29, 1.82) is 0 Å². The maximum atomic E-state index is 13.4. The minimum atomic E-state index is -0.583. The van der Waals surface area contributed by atoms with Gasteiger partial charge in [-0.05, 0) is 29.7 Å². The Morgan fingerprint density at radius 2 is 1.92 bits per heavy atom. The summed E-state index contributed by atoms with van der Waals surface area (Å²) < 4.78 is 16.6. The van der Waals surface area contributed by atoms with Crippen molar-refractivity contribution in [3.8, 4) is 0 Å². The van der Waals surface area contributed by atoms with Crippen LogP contribution in [0.15, 0.2) is 59.7 Å². The van der Waals surface area contributed by atoms with E-state index < -0.39 is 18.0 Å². The zero-order valence-corrected chi connectivity index (χ0v) is 14.5. The van der Waals surface area contributed by atoms with Crippen LogP contribution in [-0.4, -0.2) is 26.1 Å². The summed E-state index contributed by atoms with van der Waals surface area (Å²) in [4.78, 5) is 15.8. The molecule has 4 rings (SSSR count). The highest BCUT2D eigenvalue weighted by molar-refractivity contribution is 5.79. The maximum Gasteiger partial charge on any atom is 0.265 e. The van der Waals surface area contributed by atoms with E-state index in [4.69, 9.17) is 5.11 Å². The third kappa shape index (κ3) is 3.16. The molecule has 1 aromatic carbocycles. The number of hydrogen-bond acceptors (Lipinski definition) is 4. The topological polar surface area (TPSA) is 71.6 Å². The van der Waals surface area contributed by atoms with Gasteiger partial charge in [-0.25, -0.2) is 9.37 Å². The number of anilines is 1. The van der Waals surface area contributed by atoms with Crippen molar-refractivity contribution in [3.63, 3.8) is 0 Å². The van der Waals surface area contributed by atoms with Gasteiger partial charge < -0.3 is 15.0 Å². The standard InChI is InChI=1S/C10H10FN3O2.C9H9N/c1-12-8-6(5-15)10(16)14-4-2-3-7(11)9(14)13-8;1-10-7-6-8-4-2-3-5-9(8)10/h2-4,12,15H,5H2,1H3;2-7H,1H3. The molecule has 134 valence electrons. The lowest BCUT2D eigenvalue weighted by Gasteiger charge is -2.08. The third-order valence-electron chi connectivity index (χ3n) is 4.09. The second-order valence-corrected chi connectivity index (χ2v) is 5.69. The number of aliphatic hydroxyl groups excluding tert-OH is 1. The molecule has 6 nitrogen and oxygen atoms in total. The predicted octanol–water partition coefficient (Wildman–Crippen LogP) is 2.55. The number of pyridine rings is 1. The highest BCUT2D eigenvalue weighted by Crippen LogP contribution is 2.13. The van der Waals surface area contributed by atoms with E-state index >= 15 is 0 Å². The van der Waals surface area contributed by atoms with Crippen LogP contribution in [0.2, 0.25) is 0 Å². The van der Waals surface area contributed by atoms with Crippen LogP contribution in [0.25, 0.3) is 16.6 Å². The zero-order chi connectivity index (χ0) is 18.7. The molecule has 26 heavy (non-hydrogen) atoms. The fraction of sp³-hybridized carbons (Fsp3) is 0.158. The number of para-hydroxylation sites is 1. The number of nitrogens with zero attached hydrogens (tertiary/aromatic N) is 3. The van der Waals surface area contributed by atoms with E-state index in [1.165, 1.54) is 29.2 Å². The summed E-state index contributed by atoms with van der Waals surface area (Å²) in [5.74, 6) is -0.391. The number of aryl methyl sites for hydroxylation is 1. The Morgan fingerprint density at radius 3 is 2.62 bits per heavy atom. The van der Waals surface area contributed by atoms with E-state index in [0.717, 1.165) is 4.40 Å². The van der Waals surface area contributed by atoms with Crippen LogP contribution in [0.1, 0.15) is 5.56 Å². The molecule has 3 aromatic heterocycles. The molecule has 0 bridgehead atoms. The number of nitrogens with one attached hydrogen (secondary N) is 1. The van der Waals surface area contributed by atoms with Crippen molar-refractivity contribution in [2.75, 3.05) is 12.4 Å². The van der Waals surface area contributed by atoms with E-state index in [2.05, 4.69) is 58.4 Å². The highest BCUT2D eigenvalue weighted by Gasteiger charge is 2.12. The second kappa shape index (κ2) is 7.37. The van der Waals surface area contributed by atoms with Crippen LogP contribution in [-0.2, 0) is 13.7 Å². The van der Waals surface area contributed by atoms with E-state index in [1.54, 1.807) is 7.05 Å². The lowest BCUT2D eigenvalue weighted by molar-refractivity contribution is 0.280. The normalized spacial score (nSPS) is 10.6. The third-order valence-corrected chi connectivity index (χ3v) is 4.09. The minimum absolute atomic E-state index is 0.0611. The molecule has 0 amide bonds. The van der Waals surface area contributed by atoms with Gasteiger partial charge in [0.25, 0.3) is 5.56 Å². The van der Waals surface area contributed by atoms with Gasteiger partial charge in [0, 0.05) is 32.0 Å². The molecule has 0 atom stereocenters. The molecule has 2 N–H and O–H groups in total. The van der Waals surface area contributed by atoms with Gasteiger partial charge in [0.05, 0.1) is 12.2 Å². The Morgan fingerprint density at radius 1 is 1.15 bits per heavy atom. The Labute approximate surface area is 149 Å². The van der Waals surface area contributed by atoms with Crippen molar-refractivity contribution in [2.24, 2.45) is 7.05 Å². The monoisotopic (exact) mass is 354 g/mol. The average Bonchev–Trinajstić information content (AvgIpc) is 3.04. The largest absolute Gasteiger partial charge is 0.391 e. The van der Waals surface area contributed by atoms with Gasteiger partial charge >= 0.3 is 0 Å². The van der Waals surface area contributed by atoms with Crippen molar-refractivity contribution in [2.45, 2.75) is 6.61 Å². The summed E-state index contributed by atoms with van der Waals surface area (Å²) in [5.41, 5.74) is 0.874. The molecule has 0 aliphatic heterocycles.